The molecule has 0 aliphatic carbocycles. The molecule has 1 heterocycles. The molecule has 2 aromatic rings. The van der Waals surface area contributed by atoms with Crippen molar-refractivity contribution in [2.45, 2.75) is 17.7 Å². The van der Waals surface area contributed by atoms with Crippen molar-refractivity contribution in [2.24, 2.45) is 5.92 Å². The van der Waals surface area contributed by atoms with Crippen LogP contribution in [0.4, 0.5) is 14.9 Å². The fraction of sp³-hybridized carbons (Fsp3) is 0.333. The van der Waals surface area contributed by atoms with Crippen molar-refractivity contribution in [1.29, 1.82) is 0 Å². The summed E-state index contributed by atoms with van der Waals surface area (Å²) < 4.78 is 46.0. The normalized spacial score (nSPS) is 14.8. The molecule has 31 heavy (non-hydrogen) atoms. The van der Waals surface area contributed by atoms with Crippen LogP contribution in [0.1, 0.15) is 23.2 Å². The van der Waals surface area contributed by atoms with Gasteiger partial charge in [0.25, 0.3) is 5.91 Å². The Morgan fingerprint density at radius 1 is 1.10 bits per heavy atom. The predicted octanol–water partition coefficient (Wildman–Crippen LogP) is 2.83. The van der Waals surface area contributed by atoms with E-state index in [0.29, 0.717) is 31.6 Å². The number of nitrogens with zero attached hydrogens (tertiary/aromatic N) is 1. The number of carbonyl (C=O) groups is 2. The van der Waals surface area contributed by atoms with Crippen molar-refractivity contribution in [1.82, 2.24) is 9.62 Å². The molecule has 10 heteroatoms. The monoisotopic (exact) mass is 449 g/mol. The maximum Gasteiger partial charge on any atom is 0.411 e. The van der Waals surface area contributed by atoms with Crippen molar-refractivity contribution < 1.29 is 27.1 Å². The van der Waals surface area contributed by atoms with Crippen LogP contribution in [0.5, 0.6) is 0 Å². The zero-order chi connectivity index (χ0) is 22.4. The van der Waals surface area contributed by atoms with Gasteiger partial charge in [0, 0.05) is 25.3 Å². The van der Waals surface area contributed by atoms with Gasteiger partial charge < -0.3 is 9.64 Å². The minimum absolute atomic E-state index is 0.0480. The second-order valence-corrected chi connectivity index (χ2v) is 8.98. The van der Waals surface area contributed by atoms with E-state index in [4.69, 9.17) is 0 Å². The van der Waals surface area contributed by atoms with Crippen LogP contribution in [0.25, 0.3) is 0 Å². The van der Waals surface area contributed by atoms with E-state index in [9.17, 15) is 22.4 Å². The number of amides is 2. The first-order valence-corrected chi connectivity index (χ1v) is 11.3. The van der Waals surface area contributed by atoms with Crippen LogP contribution < -0.4 is 10.0 Å². The maximum atomic E-state index is 13.8. The van der Waals surface area contributed by atoms with E-state index in [1.165, 1.54) is 49.6 Å². The Morgan fingerprint density at radius 3 is 2.35 bits per heavy atom. The second kappa shape index (κ2) is 9.88. The highest BCUT2D eigenvalue weighted by Gasteiger charge is 2.26. The summed E-state index contributed by atoms with van der Waals surface area (Å²) in [6, 6.07) is 11.6. The molecule has 0 bridgehead atoms. The van der Waals surface area contributed by atoms with Crippen molar-refractivity contribution in [3.8, 4) is 0 Å². The van der Waals surface area contributed by atoms with Gasteiger partial charge in [-0.05, 0) is 55.2 Å². The Kier molecular flexibility index (Phi) is 7.24. The Bertz CT molecular complexity index is 1040. The molecule has 0 radical (unpaired) electrons. The summed E-state index contributed by atoms with van der Waals surface area (Å²) in [5.41, 5.74) is 0.462. The molecule has 3 rings (SSSR count). The van der Waals surface area contributed by atoms with Gasteiger partial charge in [0.2, 0.25) is 10.0 Å². The summed E-state index contributed by atoms with van der Waals surface area (Å²) in [6.45, 7) is 1.12. The number of benzene rings is 2. The molecule has 0 saturated carbocycles. The number of piperidine rings is 1. The van der Waals surface area contributed by atoms with Crippen molar-refractivity contribution in [3.05, 3.63) is 59.9 Å². The molecule has 2 aromatic carbocycles. The van der Waals surface area contributed by atoms with E-state index < -0.39 is 21.9 Å². The number of ether oxygens (including phenoxy) is 1. The summed E-state index contributed by atoms with van der Waals surface area (Å²) in [5.74, 6) is -0.826. The summed E-state index contributed by atoms with van der Waals surface area (Å²) in [5, 5.41) is 2.45. The molecular weight excluding hydrogens is 425 g/mol. The van der Waals surface area contributed by atoms with Crippen molar-refractivity contribution >= 4 is 27.7 Å². The third-order valence-corrected chi connectivity index (χ3v) is 6.60. The molecule has 0 atom stereocenters. The molecular formula is C21H24FN3O5S. The van der Waals surface area contributed by atoms with Crippen molar-refractivity contribution in [3.63, 3.8) is 0 Å². The van der Waals surface area contributed by atoms with Crippen LogP contribution in [0.15, 0.2) is 53.4 Å². The lowest BCUT2D eigenvalue weighted by atomic mass is 9.96. The molecule has 0 unspecified atom stereocenters. The van der Waals surface area contributed by atoms with Crippen LogP contribution in [0.3, 0.4) is 0 Å². The molecule has 0 aromatic heterocycles. The van der Waals surface area contributed by atoms with Gasteiger partial charge in [-0.15, -0.1) is 0 Å². The number of anilines is 1. The average molecular weight is 450 g/mol. The van der Waals surface area contributed by atoms with E-state index >= 15 is 0 Å². The predicted molar refractivity (Wildman–Crippen MR) is 113 cm³/mol. The van der Waals surface area contributed by atoms with Crippen LogP contribution in [-0.4, -0.2) is 52.1 Å². The number of rotatable bonds is 6. The second-order valence-electron chi connectivity index (χ2n) is 7.21. The third kappa shape index (κ3) is 5.80. The lowest BCUT2D eigenvalue weighted by Gasteiger charge is -2.32. The van der Waals surface area contributed by atoms with Gasteiger partial charge in [-0.2, -0.15) is 0 Å². The van der Waals surface area contributed by atoms with Gasteiger partial charge in [-0.25, -0.2) is 22.3 Å². The average Bonchev–Trinajstić information content (AvgIpc) is 2.78. The molecule has 1 fully saturated rings. The number of hydrogen-bond acceptors (Lipinski definition) is 5. The fourth-order valence-electron chi connectivity index (χ4n) is 3.34. The van der Waals surface area contributed by atoms with Crippen LogP contribution >= 0.6 is 0 Å². The molecule has 2 amide bonds. The number of sulfonamides is 1. The largest absolute Gasteiger partial charge is 0.453 e. The highest BCUT2D eigenvalue weighted by molar-refractivity contribution is 7.89. The van der Waals surface area contributed by atoms with E-state index in [1.807, 2.05) is 0 Å². The lowest BCUT2D eigenvalue weighted by molar-refractivity contribution is 0.0687. The first-order chi connectivity index (χ1) is 14.8. The zero-order valence-electron chi connectivity index (χ0n) is 17.0. The molecule has 1 aliphatic rings. The van der Waals surface area contributed by atoms with E-state index in [1.54, 1.807) is 11.0 Å². The number of hydrogen-bond donors (Lipinski definition) is 2. The van der Waals surface area contributed by atoms with Crippen LogP contribution in [0, 0.1) is 11.7 Å². The summed E-state index contributed by atoms with van der Waals surface area (Å²) >= 11 is 0. The summed E-state index contributed by atoms with van der Waals surface area (Å²) in [6.07, 6.45) is 0.587. The van der Waals surface area contributed by atoms with Gasteiger partial charge in [0.05, 0.1) is 17.6 Å². The number of nitrogens with one attached hydrogen (secondary N) is 2. The third-order valence-electron chi connectivity index (χ3n) is 5.16. The number of likely N-dealkylation sites (tertiary alicyclic amines) is 1. The number of halogens is 1. The zero-order valence-corrected chi connectivity index (χ0v) is 17.8. The van der Waals surface area contributed by atoms with Gasteiger partial charge in [-0.3, -0.25) is 10.1 Å². The van der Waals surface area contributed by atoms with Crippen LogP contribution in [-0.2, 0) is 14.8 Å². The Balaban J connectivity index is 1.51. The van der Waals surface area contributed by atoms with Gasteiger partial charge in [0.1, 0.15) is 5.82 Å². The standard InChI is InChI=1S/C21H24FN3O5S/c1-30-21(27)24-16-6-8-17(9-7-16)31(28,29)23-14-15-10-12-25(13-11-15)20(26)18-4-2-3-5-19(18)22/h2-9,15,23H,10-14H2,1H3,(H,24,27). The SMILES string of the molecule is COC(=O)Nc1ccc(S(=O)(=O)NCC2CCN(C(=O)c3ccccc3F)CC2)cc1. The first kappa shape index (κ1) is 22.7. The summed E-state index contributed by atoms with van der Waals surface area (Å²) in [4.78, 5) is 25.4. The Labute approximate surface area is 180 Å². The van der Waals surface area contributed by atoms with Crippen LogP contribution in [0.2, 0.25) is 0 Å². The van der Waals surface area contributed by atoms with Gasteiger partial charge in [-0.1, -0.05) is 12.1 Å². The molecule has 2 N–H and O–H groups in total. The first-order valence-electron chi connectivity index (χ1n) is 9.78. The van der Waals surface area contributed by atoms with Crippen molar-refractivity contribution in [2.75, 3.05) is 32.1 Å². The number of carbonyl (C=O) groups excluding carboxylic acids is 2. The van der Waals surface area contributed by atoms with E-state index in [-0.39, 0.29) is 28.8 Å². The van der Waals surface area contributed by atoms with E-state index in [0.717, 1.165) is 0 Å². The Morgan fingerprint density at radius 2 is 1.74 bits per heavy atom. The quantitative estimate of drug-likeness (QED) is 0.706. The lowest BCUT2D eigenvalue weighted by Crippen LogP contribution is -2.41. The topological polar surface area (TPSA) is 105 Å². The Hall–Kier alpha value is -2.98. The maximum absolute atomic E-state index is 13.8. The highest BCUT2D eigenvalue weighted by Crippen LogP contribution is 2.21. The molecule has 1 saturated heterocycles. The molecule has 1 aliphatic heterocycles. The smallest absolute Gasteiger partial charge is 0.411 e. The van der Waals surface area contributed by atoms with Gasteiger partial charge >= 0.3 is 6.09 Å². The van der Waals surface area contributed by atoms with Gasteiger partial charge in [0.15, 0.2) is 0 Å². The number of methoxy groups -OCH3 is 1. The minimum atomic E-state index is -3.71. The highest BCUT2D eigenvalue weighted by atomic mass is 32.2. The van der Waals surface area contributed by atoms with E-state index in [2.05, 4.69) is 14.8 Å². The molecule has 0 spiro atoms. The molecule has 8 nitrogen and oxygen atoms in total. The minimum Gasteiger partial charge on any atom is -0.453 e. The fourth-order valence-corrected chi connectivity index (χ4v) is 4.46. The molecule has 166 valence electrons. The summed E-state index contributed by atoms with van der Waals surface area (Å²) in [7, 11) is -2.48.